The predicted octanol–water partition coefficient (Wildman–Crippen LogP) is 5.14. The average Bonchev–Trinajstić information content (AvgIpc) is 3.14. The molecule has 0 saturated carbocycles. The molecule has 3 aromatic carbocycles. The van der Waals surface area contributed by atoms with Gasteiger partial charge in [-0.2, -0.15) is 5.10 Å². The van der Waals surface area contributed by atoms with Crippen LogP contribution in [0.1, 0.15) is 27.4 Å². The lowest BCUT2D eigenvalue weighted by atomic mass is 10.0. The first-order valence-corrected chi connectivity index (χ1v) is 11.1. The maximum absolute atomic E-state index is 12.4. The molecule has 0 aliphatic rings. The van der Waals surface area contributed by atoms with Gasteiger partial charge in [0.25, 0.3) is 5.56 Å². The van der Waals surface area contributed by atoms with Gasteiger partial charge in [-0.05, 0) is 62.2 Å². The smallest absolute Gasteiger partial charge is 0.337 e. The number of hydrogen-bond acceptors (Lipinski definition) is 5. The number of nitrogens with zero attached hydrogens (tertiary/aromatic N) is 3. The van der Waals surface area contributed by atoms with Crippen molar-refractivity contribution in [3.63, 3.8) is 0 Å². The Hall–Kier alpha value is -4.72. The van der Waals surface area contributed by atoms with Gasteiger partial charge in [-0.1, -0.05) is 36.4 Å². The number of hydrogen-bond donors (Lipinski definition) is 3. The van der Waals surface area contributed by atoms with E-state index in [0.29, 0.717) is 28.2 Å². The predicted molar refractivity (Wildman–Crippen MR) is 136 cm³/mol. The Balaban J connectivity index is 1.78. The second-order valence-electron chi connectivity index (χ2n) is 8.37. The van der Waals surface area contributed by atoms with E-state index in [9.17, 15) is 14.7 Å². The number of aromatic nitrogens is 4. The van der Waals surface area contributed by atoms with E-state index in [1.165, 1.54) is 0 Å². The van der Waals surface area contributed by atoms with Crippen LogP contribution in [0.2, 0.25) is 0 Å². The first kappa shape index (κ1) is 22.1. The Morgan fingerprint density at radius 3 is 2.51 bits per heavy atom. The summed E-state index contributed by atoms with van der Waals surface area (Å²) in [6.07, 6.45) is 0. The fourth-order valence-corrected chi connectivity index (χ4v) is 4.28. The fourth-order valence-electron chi connectivity index (χ4n) is 4.28. The molecule has 0 fully saturated rings. The molecule has 0 spiro atoms. The zero-order valence-electron chi connectivity index (χ0n) is 19.5. The molecule has 0 saturated heterocycles. The van der Waals surface area contributed by atoms with E-state index in [4.69, 9.17) is 5.10 Å². The number of aromatic carboxylic acids is 1. The molecule has 0 aliphatic carbocycles. The molecule has 8 heteroatoms. The van der Waals surface area contributed by atoms with Crippen LogP contribution in [-0.4, -0.2) is 30.8 Å². The summed E-state index contributed by atoms with van der Waals surface area (Å²) < 4.78 is 1.79. The fraction of sp³-hybridized carbons (Fsp3) is 0.111. The molecule has 5 rings (SSSR count). The van der Waals surface area contributed by atoms with Crippen molar-refractivity contribution in [2.24, 2.45) is 0 Å². The quantitative estimate of drug-likeness (QED) is 0.331. The highest BCUT2D eigenvalue weighted by Crippen LogP contribution is 2.37. The van der Waals surface area contributed by atoms with Crippen molar-refractivity contribution >= 4 is 28.4 Å². The molecule has 2 heterocycles. The maximum Gasteiger partial charge on any atom is 0.337 e. The number of carboxylic acid groups (broad SMARTS) is 1. The lowest BCUT2D eigenvalue weighted by Crippen LogP contribution is -2.09. The standard InChI is InChI=1S/C27H23N5O3/c1-15-8-4-7-11-23(15)32-25(30-21-10-6-5-9-20(21)27(34)35)24(16(2)31-32)18-12-13-19-22(14-18)28-17(3)29-26(19)33/h4-14,30H,1-3H3,(H,34,35)(H,28,29,33). The molecule has 0 atom stereocenters. The van der Waals surface area contributed by atoms with Crippen LogP contribution in [0.15, 0.2) is 71.5 Å². The first-order chi connectivity index (χ1) is 16.8. The van der Waals surface area contributed by atoms with Crippen LogP contribution in [0.4, 0.5) is 11.5 Å². The third-order valence-corrected chi connectivity index (χ3v) is 5.93. The van der Waals surface area contributed by atoms with E-state index in [0.717, 1.165) is 28.1 Å². The number of rotatable bonds is 5. The number of H-pyrrole nitrogens is 1. The number of para-hydroxylation sites is 2. The number of aromatic amines is 1. The van der Waals surface area contributed by atoms with E-state index in [2.05, 4.69) is 15.3 Å². The van der Waals surface area contributed by atoms with Gasteiger partial charge in [0.1, 0.15) is 11.6 Å². The van der Waals surface area contributed by atoms with Crippen LogP contribution in [0.5, 0.6) is 0 Å². The van der Waals surface area contributed by atoms with Crippen LogP contribution in [0.25, 0.3) is 27.7 Å². The van der Waals surface area contributed by atoms with Crippen molar-refractivity contribution in [2.45, 2.75) is 20.8 Å². The second kappa shape index (κ2) is 8.57. The summed E-state index contributed by atoms with van der Waals surface area (Å²) in [5.41, 5.74) is 5.19. The Bertz CT molecular complexity index is 1670. The minimum Gasteiger partial charge on any atom is -0.478 e. The molecule has 35 heavy (non-hydrogen) atoms. The lowest BCUT2D eigenvalue weighted by molar-refractivity contribution is 0.0698. The molecule has 0 radical (unpaired) electrons. The first-order valence-electron chi connectivity index (χ1n) is 11.1. The number of nitrogens with one attached hydrogen (secondary N) is 2. The molecule has 3 N–H and O–H groups in total. The number of benzene rings is 3. The van der Waals surface area contributed by atoms with E-state index >= 15 is 0 Å². The van der Waals surface area contributed by atoms with Gasteiger partial charge in [0.2, 0.25) is 0 Å². The summed E-state index contributed by atoms with van der Waals surface area (Å²) >= 11 is 0. The Labute approximate surface area is 200 Å². The highest BCUT2D eigenvalue weighted by molar-refractivity contribution is 5.96. The number of anilines is 2. The van der Waals surface area contributed by atoms with Gasteiger partial charge < -0.3 is 15.4 Å². The van der Waals surface area contributed by atoms with Crippen LogP contribution in [0.3, 0.4) is 0 Å². The highest BCUT2D eigenvalue weighted by Gasteiger charge is 2.22. The summed E-state index contributed by atoms with van der Waals surface area (Å²) in [7, 11) is 0. The molecule has 0 aliphatic heterocycles. The van der Waals surface area contributed by atoms with E-state index in [-0.39, 0.29) is 11.1 Å². The van der Waals surface area contributed by atoms with Gasteiger partial charge in [-0.15, -0.1) is 0 Å². The summed E-state index contributed by atoms with van der Waals surface area (Å²) in [5.74, 6) is 0.116. The summed E-state index contributed by atoms with van der Waals surface area (Å²) in [6.45, 7) is 5.64. The summed E-state index contributed by atoms with van der Waals surface area (Å²) in [6, 6.07) is 20.1. The topological polar surface area (TPSA) is 113 Å². The molecular formula is C27H23N5O3. The zero-order valence-corrected chi connectivity index (χ0v) is 19.5. The zero-order chi connectivity index (χ0) is 24.7. The lowest BCUT2D eigenvalue weighted by Gasteiger charge is -2.15. The third kappa shape index (κ3) is 3.95. The van der Waals surface area contributed by atoms with Gasteiger partial charge in [-0.3, -0.25) is 4.79 Å². The van der Waals surface area contributed by atoms with E-state index < -0.39 is 5.97 Å². The Morgan fingerprint density at radius 2 is 1.74 bits per heavy atom. The molecule has 2 aromatic heterocycles. The highest BCUT2D eigenvalue weighted by atomic mass is 16.4. The Kier molecular flexibility index (Phi) is 5.41. The molecule has 0 bridgehead atoms. The normalized spacial score (nSPS) is 11.1. The third-order valence-electron chi connectivity index (χ3n) is 5.93. The van der Waals surface area contributed by atoms with Crippen molar-refractivity contribution in [3.8, 4) is 16.8 Å². The van der Waals surface area contributed by atoms with Gasteiger partial charge in [0, 0.05) is 5.56 Å². The molecular weight excluding hydrogens is 442 g/mol. The number of fused-ring (bicyclic) bond motifs is 1. The van der Waals surface area contributed by atoms with E-state index in [1.807, 2.05) is 50.2 Å². The van der Waals surface area contributed by atoms with Crippen molar-refractivity contribution < 1.29 is 9.90 Å². The maximum atomic E-state index is 12.4. The minimum absolute atomic E-state index is 0.149. The van der Waals surface area contributed by atoms with E-state index in [1.54, 1.807) is 41.9 Å². The summed E-state index contributed by atoms with van der Waals surface area (Å²) in [5, 5.41) is 18.4. The molecule has 8 nitrogen and oxygen atoms in total. The molecule has 0 unspecified atom stereocenters. The minimum atomic E-state index is -1.03. The number of aryl methyl sites for hydroxylation is 3. The van der Waals surface area contributed by atoms with Gasteiger partial charge in [0.05, 0.1) is 33.5 Å². The van der Waals surface area contributed by atoms with Crippen molar-refractivity contribution in [3.05, 3.63) is 99.7 Å². The average molecular weight is 466 g/mol. The monoisotopic (exact) mass is 465 g/mol. The van der Waals surface area contributed by atoms with Crippen molar-refractivity contribution in [1.82, 2.24) is 19.7 Å². The van der Waals surface area contributed by atoms with Crippen LogP contribution < -0.4 is 10.9 Å². The van der Waals surface area contributed by atoms with Crippen LogP contribution in [0, 0.1) is 20.8 Å². The second-order valence-corrected chi connectivity index (χ2v) is 8.37. The van der Waals surface area contributed by atoms with Crippen LogP contribution in [-0.2, 0) is 0 Å². The van der Waals surface area contributed by atoms with Crippen LogP contribution >= 0.6 is 0 Å². The Morgan fingerprint density at radius 1 is 1.00 bits per heavy atom. The number of carboxylic acids is 1. The largest absolute Gasteiger partial charge is 0.478 e. The SMILES string of the molecule is Cc1nc2cc(-c3c(C)nn(-c4ccccc4C)c3Nc3ccccc3C(=O)O)ccc2c(=O)[nH]1. The number of carbonyl (C=O) groups is 1. The molecule has 5 aromatic rings. The molecule has 0 amide bonds. The van der Waals surface area contributed by atoms with Gasteiger partial charge >= 0.3 is 5.97 Å². The van der Waals surface area contributed by atoms with Gasteiger partial charge in [-0.25, -0.2) is 14.5 Å². The van der Waals surface area contributed by atoms with Crippen molar-refractivity contribution in [2.75, 3.05) is 5.32 Å². The summed E-state index contributed by atoms with van der Waals surface area (Å²) in [4.78, 5) is 31.5. The van der Waals surface area contributed by atoms with Gasteiger partial charge in [0.15, 0.2) is 0 Å². The molecule has 174 valence electrons. The van der Waals surface area contributed by atoms with Crippen molar-refractivity contribution in [1.29, 1.82) is 0 Å².